The first-order chi connectivity index (χ1) is 10.8. The number of nitrogens with zero attached hydrogens (tertiary/aromatic N) is 1. The Morgan fingerprint density at radius 3 is 2.17 bits per heavy atom. The topological polar surface area (TPSA) is 65.4 Å². The molecule has 3 N–H and O–H groups in total. The molecule has 1 heterocycles. The molecule has 0 atom stereocenters. The van der Waals surface area contributed by atoms with Crippen molar-refractivity contribution in [3.63, 3.8) is 0 Å². The van der Waals surface area contributed by atoms with Crippen molar-refractivity contribution in [2.24, 2.45) is 0 Å². The van der Waals surface area contributed by atoms with Gasteiger partial charge in [0, 0.05) is 11.3 Å². The van der Waals surface area contributed by atoms with Crippen LogP contribution in [0.3, 0.4) is 0 Å². The van der Waals surface area contributed by atoms with E-state index in [0.29, 0.717) is 16.6 Å². The van der Waals surface area contributed by atoms with Crippen LogP contribution in [-0.4, -0.2) is 15.2 Å². The van der Waals surface area contributed by atoms with Crippen molar-refractivity contribution in [3.05, 3.63) is 38.9 Å². The average Bonchev–Trinajstić information content (AvgIpc) is 2.92. The highest BCUT2D eigenvalue weighted by Crippen LogP contribution is 2.40. The smallest absolute Gasteiger partial charge is 0.188 e. The van der Waals surface area contributed by atoms with E-state index in [1.165, 1.54) is 11.3 Å². The SMILES string of the molecule is Cc1c(O)c(C)c2sc(Nc3cc(Cl)c(O)c(Cl)c3)nc2c1C. The number of nitrogens with one attached hydrogen (secondary N) is 1. The molecule has 3 aromatic rings. The van der Waals surface area contributed by atoms with E-state index in [0.717, 1.165) is 26.9 Å². The maximum absolute atomic E-state index is 10.2. The number of phenolic OH excluding ortho intramolecular Hbond substituents is 2. The van der Waals surface area contributed by atoms with Gasteiger partial charge < -0.3 is 15.5 Å². The second-order valence-corrected chi connectivity index (χ2v) is 7.15. The Kier molecular flexibility index (Phi) is 4.04. The van der Waals surface area contributed by atoms with E-state index in [-0.39, 0.29) is 15.8 Å². The minimum Gasteiger partial charge on any atom is -0.507 e. The van der Waals surface area contributed by atoms with Crippen molar-refractivity contribution in [2.75, 3.05) is 5.32 Å². The van der Waals surface area contributed by atoms with E-state index in [1.807, 2.05) is 20.8 Å². The summed E-state index contributed by atoms with van der Waals surface area (Å²) in [4.78, 5) is 4.60. The number of benzene rings is 2. The summed E-state index contributed by atoms with van der Waals surface area (Å²) in [7, 11) is 0. The fourth-order valence-electron chi connectivity index (χ4n) is 2.39. The third-order valence-electron chi connectivity index (χ3n) is 3.86. The first kappa shape index (κ1) is 16.2. The van der Waals surface area contributed by atoms with Crippen LogP contribution in [0.15, 0.2) is 12.1 Å². The number of anilines is 2. The van der Waals surface area contributed by atoms with Crippen LogP contribution in [0.5, 0.6) is 11.5 Å². The Balaban J connectivity index is 2.09. The highest BCUT2D eigenvalue weighted by molar-refractivity contribution is 7.22. The summed E-state index contributed by atoms with van der Waals surface area (Å²) in [6.45, 7) is 5.69. The molecule has 0 unspecified atom stereocenters. The van der Waals surface area contributed by atoms with Crippen molar-refractivity contribution in [1.29, 1.82) is 0 Å². The second kappa shape index (κ2) is 5.74. The fraction of sp³-hybridized carbons (Fsp3) is 0.188. The zero-order chi connectivity index (χ0) is 16.9. The summed E-state index contributed by atoms with van der Waals surface area (Å²) in [6, 6.07) is 3.16. The lowest BCUT2D eigenvalue weighted by Gasteiger charge is -2.07. The van der Waals surface area contributed by atoms with Crippen LogP contribution in [0.2, 0.25) is 10.0 Å². The molecule has 3 rings (SSSR count). The molecule has 0 saturated heterocycles. The molecule has 0 bridgehead atoms. The number of thiazole rings is 1. The van der Waals surface area contributed by atoms with Crippen LogP contribution in [0.25, 0.3) is 10.2 Å². The van der Waals surface area contributed by atoms with Gasteiger partial charge in [-0.1, -0.05) is 34.5 Å². The molecule has 2 aromatic carbocycles. The summed E-state index contributed by atoms with van der Waals surface area (Å²) in [6.07, 6.45) is 0. The van der Waals surface area contributed by atoms with E-state index in [1.54, 1.807) is 12.1 Å². The first-order valence-electron chi connectivity index (χ1n) is 6.84. The van der Waals surface area contributed by atoms with E-state index in [2.05, 4.69) is 10.3 Å². The number of aromatic nitrogens is 1. The number of fused-ring (bicyclic) bond motifs is 1. The largest absolute Gasteiger partial charge is 0.507 e. The third kappa shape index (κ3) is 2.69. The van der Waals surface area contributed by atoms with Crippen LogP contribution in [0.1, 0.15) is 16.7 Å². The number of halogens is 2. The highest BCUT2D eigenvalue weighted by Gasteiger charge is 2.16. The van der Waals surface area contributed by atoms with E-state index in [4.69, 9.17) is 23.2 Å². The van der Waals surface area contributed by atoms with Gasteiger partial charge in [-0.2, -0.15) is 0 Å². The molecule has 0 saturated carbocycles. The normalized spacial score (nSPS) is 11.2. The molecular weight excluding hydrogens is 355 g/mol. The Labute approximate surface area is 147 Å². The van der Waals surface area contributed by atoms with Crippen LogP contribution in [-0.2, 0) is 0 Å². The van der Waals surface area contributed by atoms with Gasteiger partial charge in [-0.25, -0.2) is 4.98 Å². The fourth-order valence-corrected chi connectivity index (χ4v) is 3.92. The summed E-state index contributed by atoms with van der Waals surface area (Å²) < 4.78 is 0.934. The van der Waals surface area contributed by atoms with Crippen LogP contribution in [0, 0.1) is 20.8 Å². The molecule has 23 heavy (non-hydrogen) atoms. The van der Waals surface area contributed by atoms with Gasteiger partial charge in [-0.3, -0.25) is 0 Å². The average molecular weight is 369 g/mol. The van der Waals surface area contributed by atoms with E-state index >= 15 is 0 Å². The Morgan fingerprint density at radius 1 is 0.957 bits per heavy atom. The Morgan fingerprint density at radius 2 is 1.57 bits per heavy atom. The van der Waals surface area contributed by atoms with Crippen LogP contribution in [0.4, 0.5) is 10.8 Å². The second-order valence-electron chi connectivity index (χ2n) is 5.33. The summed E-state index contributed by atoms with van der Waals surface area (Å²) in [5.74, 6) is 0.163. The molecule has 7 heteroatoms. The Bertz CT molecular complexity index is 870. The van der Waals surface area contributed by atoms with Gasteiger partial charge in [0.1, 0.15) is 5.75 Å². The van der Waals surface area contributed by atoms with Gasteiger partial charge in [0.15, 0.2) is 10.9 Å². The molecule has 120 valence electrons. The third-order valence-corrected chi connectivity index (χ3v) is 5.53. The predicted octanol–water partition coefficient (Wildman–Crippen LogP) is 5.68. The zero-order valence-corrected chi connectivity index (χ0v) is 15.0. The number of aryl methyl sites for hydroxylation is 2. The predicted molar refractivity (Wildman–Crippen MR) is 96.9 cm³/mol. The van der Waals surface area contributed by atoms with Crippen molar-refractivity contribution >= 4 is 55.6 Å². The van der Waals surface area contributed by atoms with Crippen molar-refractivity contribution in [3.8, 4) is 11.5 Å². The maximum Gasteiger partial charge on any atom is 0.188 e. The molecule has 0 aliphatic heterocycles. The molecule has 0 aliphatic carbocycles. The summed E-state index contributed by atoms with van der Waals surface area (Å²) in [5, 5.41) is 23.9. The first-order valence-corrected chi connectivity index (χ1v) is 8.41. The number of aromatic hydroxyl groups is 2. The van der Waals surface area contributed by atoms with Gasteiger partial charge in [0.2, 0.25) is 0 Å². The molecular formula is C16H14Cl2N2O2S. The molecule has 0 radical (unpaired) electrons. The van der Waals surface area contributed by atoms with E-state index < -0.39 is 0 Å². The summed E-state index contributed by atoms with van der Waals surface area (Å²) in [5.41, 5.74) is 4.10. The minimum absolute atomic E-state index is 0.143. The van der Waals surface area contributed by atoms with Gasteiger partial charge in [-0.15, -0.1) is 0 Å². The Hall–Kier alpha value is -1.69. The maximum atomic E-state index is 10.2. The monoisotopic (exact) mass is 368 g/mol. The highest BCUT2D eigenvalue weighted by atomic mass is 35.5. The molecule has 0 aliphatic rings. The molecule has 0 fully saturated rings. The zero-order valence-electron chi connectivity index (χ0n) is 12.7. The summed E-state index contributed by atoms with van der Waals surface area (Å²) >= 11 is 13.3. The van der Waals surface area contributed by atoms with Gasteiger partial charge >= 0.3 is 0 Å². The lowest BCUT2D eigenvalue weighted by Crippen LogP contribution is -1.90. The standard InChI is InChI=1S/C16H14Cl2N2O2S/c1-6-7(2)13(21)8(3)15-12(6)20-16(23-15)19-9-4-10(17)14(22)11(18)5-9/h4-5,21-22H,1-3H3,(H,19,20). The quantitative estimate of drug-likeness (QED) is 0.508. The van der Waals surface area contributed by atoms with Crippen LogP contribution < -0.4 is 5.32 Å². The van der Waals surface area contributed by atoms with E-state index in [9.17, 15) is 10.2 Å². The van der Waals surface area contributed by atoms with Crippen molar-refractivity contribution in [1.82, 2.24) is 4.98 Å². The molecule has 4 nitrogen and oxygen atoms in total. The lowest BCUT2D eigenvalue weighted by atomic mass is 10.0. The number of hydrogen-bond acceptors (Lipinski definition) is 5. The van der Waals surface area contributed by atoms with Crippen molar-refractivity contribution < 1.29 is 10.2 Å². The molecule has 0 spiro atoms. The lowest BCUT2D eigenvalue weighted by molar-refractivity contribution is 0.467. The molecule has 0 amide bonds. The number of hydrogen-bond donors (Lipinski definition) is 3. The van der Waals surface area contributed by atoms with Gasteiger partial charge in [0.25, 0.3) is 0 Å². The number of phenols is 2. The van der Waals surface area contributed by atoms with Crippen LogP contribution >= 0.6 is 34.5 Å². The minimum atomic E-state index is -0.143. The number of rotatable bonds is 2. The molecule has 1 aromatic heterocycles. The van der Waals surface area contributed by atoms with Crippen molar-refractivity contribution in [2.45, 2.75) is 20.8 Å². The van der Waals surface area contributed by atoms with Gasteiger partial charge in [0.05, 0.1) is 20.3 Å². The van der Waals surface area contributed by atoms with Gasteiger partial charge in [-0.05, 0) is 44.0 Å².